The van der Waals surface area contributed by atoms with Crippen LogP contribution in [-0.2, 0) is 16.6 Å². The molecule has 20 heavy (non-hydrogen) atoms. The summed E-state index contributed by atoms with van der Waals surface area (Å²) in [5.41, 5.74) is 0.469. The second-order valence-corrected chi connectivity index (χ2v) is 6.15. The Balaban J connectivity index is 2.17. The van der Waals surface area contributed by atoms with Gasteiger partial charge in [-0.15, -0.1) is 0 Å². The highest BCUT2D eigenvalue weighted by Gasteiger charge is 2.18. The molecule has 7 heteroatoms. The molecule has 0 radical (unpaired) electrons. The van der Waals surface area contributed by atoms with E-state index in [1.54, 1.807) is 0 Å². The zero-order valence-corrected chi connectivity index (χ0v) is 11.7. The van der Waals surface area contributed by atoms with Gasteiger partial charge in [0.1, 0.15) is 16.5 Å². The Bertz CT molecular complexity index is 735. The summed E-state index contributed by atoms with van der Waals surface area (Å²) in [5, 5.41) is -0.104. The van der Waals surface area contributed by atoms with E-state index in [1.165, 1.54) is 24.3 Å². The first-order chi connectivity index (χ1) is 9.40. The van der Waals surface area contributed by atoms with Gasteiger partial charge in [-0.1, -0.05) is 29.8 Å². The summed E-state index contributed by atoms with van der Waals surface area (Å²) in [7, 11) is -3.97. The predicted molar refractivity (Wildman–Crippen MR) is 71.8 cm³/mol. The van der Waals surface area contributed by atoms with Crippen molar-refractivity contribution >= 4 is 21.6 Å². The van der Waals surface area contributed by atoms with Crippen LogP contribution in [0.25, 0.3) is 0 Å². The molecule has 2 aromatic carbocycles. The van der Waals surface area contributed by atoms with Crippen LogP contribution >= 0.6 is 11.6 Å². The molecule has 0 heterocycles. The Hall–Kier alpha value is -1.50. The average Bonchev–Trinajstić information content (AvgIpc) is 2.40. The van der Waals surface area contributed by atoms with Crippen LogP contribution in [0.5, 0.6) is 0 Å². The lowest BCUT2D eigenvalue weighted by molar-refractivity contribution is 0.557. The molecule has 0 aromatic heterocycles. The minimum atomic E-state index is -3.97. The maximum absolute atomic E-state index is 13.4. The van der Waals surface area contributed by atoms with Gasteiger partial charge in [-0.2, -0.15) is 0 Å². The van der Waals surface area contributed by atoms with E-state index in [0.717, 1.165) is 18.2 Å². The lowest BCUT2D eigenvalue weighted by atomic mass is 10.2. The number of hydrogen-bond donors (Lipinski definition) is 1. The first-order valence-corrected chi connectivity index (χ1v) is 7.44. The molecule has 1 N–H and O–H groups in total. The van der Waals surface area contributed by atoms with Gasteiger partial charge in [-0.3, -0.25) is 0 Å². The van der Waals surface area contributed by atoms with Crippen LogP contribution in [0.3, 0.4) is 0 Å². The largest absolute Gasteiger partial charge is 0.243 e. The van der Waals surface area contributed by atoms with Gasteiger partial charge in [-0.05, 0) is 29.8 Å². The van der Waals surface area contributed by atoms with Crippen LogP contribution in [-0.4, -0.2) is 8.42 Å². The molecule has 0 aliphatic carbocycles. The van der Waals surface area contributed by atoms with Crippen molar-refractivity contribution in [1.82, 2.24) is 4.72 Å². The van der Waals surface area contributed by atoms with E-state index in [1.807, 2.05) is 0 Å². The highest BCUT2D eigenvalue weighted by atomic mass is 35.5. The van der Waals surface area contributed by atoms with Crippen LogP contribution in [0.1, 0.15) is 5.56 Å². The van der Waals surface area contributed by atoms with Crippen molar-refractivity contribution in [2.45, 2.75) is 11.4 Å². The summed E-state index contributed by atoms with van der Waals surface area (Å²) in [6.45, 7) is -0.114. The first kappa shape index (κ1) is 14.9. The highest BCUT2D eigenvalue weighted by Crippen LogP contribution is 2.17. The van der Waals surface area contributed by atoms with Crippen LogP contribution in [0.4, 0.5) is 8.78 Å². The summed E-state index contributed by atoms with van der Waals surface area (Å²) in [6, 6.07) is 8.88. The van der Waals surface area contributed by atoms with Gasteiger partial charge in [0.15, 0.2) is 0 Å². The Morgan fingerprint density at radius 2 is 1.75 bits per heavy atom. The third-order valence-electron chi connectivity index (χ3n) is 2.58. The van der Waals surface area contributed by atoms with Crippen LogP contribution in [0.2, 0.25) is 5.02 Å². The third-order valence-corrected chi connectivity index (χ3v) is 4.30. The van der Waals surface area contributed by atoms with Crippen molar-refractivity contribution in [3.63, 3.8) is 0 Å². The van der Waals surface area contributed by atoms with Crippen molar-refractivity contribution in [2.75, 3.05) is 0 Å². The van der Waals surface area contributed by atoms with E-state index in [2.05, 4.69) is 4.72 Å². The standard InChI is InChI=1S/C13H10ClF2NO2S/c14-10-7-9(5-6-11(10)15)8-17-20(18,19)13-4-2-1-3-12(13)16/h1-7,17H,8H2. The molecule has 0 fully saturated rings. The first-order valence-electron chi connectivity index (χ1n) is 5.58. The molecule has 106 valence electrons. The van der Waals surface area contributed by atoms with E-state index in [9.17, 15) is 17.2 Å². The second kappa shape index (κ2) is 5.87. The molecule has 0 aliphatic rings. The SMILES string of the molecule is O=S(=O)(NCc1ccc(F)c(Cl)c1)c1ccccc1F. The van der Waals surface area contributed by atoms with Gasteiger partial charge in [0.25, 0.3) is 0 Å². The molecule has 2 rings (SSSR count). The number of rotatable bonds is 4. The van der Waals surface area contributed by atoms with Crippen molar-refractivity contribution in [3.8, 4) is 0 Å². The Morgan fingerprint density at radius 1 is 1.05 bits per heavy atom. The summed E-state index contributed by atoms with van der Waals surface area (Å²) in [5.74, 6) is -1.43. The van der Waals surface area contributed by atoms with Gasteiger partial charge >= 0.3 is 0 Å². The molecule has 0 atom stereocenters. The van der Waals surface area contributed by atoms with Gasteiger partial charge in [-0.25, -0.2) is 21.9 Å². The lowest BCUT2D eigenvalue weighted by Crippen LogP contribution is -2.24. The number of sulfonamides is 1. The summed E-state index contributed by atoms with van der Waals surface area (Å²) in [6.07, 6.45) is 0. The summed E-state index contributed by atoms with van der Waals surface area (Å²) < 4.78 is 52.5. The number of hydrogen-bond acceptors (Lipinski definition) is 2. The zero-order chi connectivity index (χ0) is 14.8. The number of halogens is 3. The summed E-state index contributed by atoms with van der Waals surface area (Å²) in [4.78, 5) is -0.437. The number of nitrogens with one attached hydrogen (secondary N) is 1. The highest BCUT2D eigenvalue weighted by molar-refractivity contribution is 7.89. The second-order valence-electron chi connectivity index (χ2n) is 4.00. The minimum Gasteiger partial charge on any atom is -0.207 e. The van der Waals surface area contributed by atoms with Crippen molar-refractivity contribution < 1.29 is 17.2 Å². The smallest absolute Gasteiger partial charge is 0.207 e. The Kier molecular flexibility index (Phi) is 4.37. The van der Waals surface area contributed by atoms with E-state index in [4.69, 9.17) is 11.6 Å². The minimum absolute atomic E-state index is 0.104. The number of benzene rings is 2. The lowest BCUT2D eigenvalue weighted by Gasteiger charge is -2.08. The van der Waals surface area contributed by atoms with E-state index in [-0.39, 0.29) is 11.6 Å². The predicted octanol–water partition coefficient (Wildman–Crippen LogP) is 3.10. The Morgan fingerprint density at radius 3 is 2.40 bits per heavy atom. The van der Waals surface area contributed by atoms with Crippen molar-refractivity contribution in [1.29, 1.82) is 0 Å². The molecular formula is C13H10ClF2NO2S. The van der Waals surface area contributed by atoms with E-state index >= 15 is 0 Å². The van der Waals surface area contributed by atoms with Crippen LogP contribution in [0, 0.1) is 11.6 Å². The maximum atomic E-state index is 13.4. The molecule has 0 saturated carbocycles. The van der Waals surface area contributed by atoms with E-state index < -0.39 is 26.6 Å². The fourth-order valence-corrected chi connectivity index (χ4v) is 2.87. The average molecular weight is 318 g/mol. The van der Waals surface area contributed by atoms with Crippen LogP contribution < -0.4 is 4.72 Å². The molecular weight excluding hydrogens is 308 g/mol. The van der Waals surface area contributed by atoms with Gasteiger partial charge in [0.05, 0.1) is 5.02 Å². The molecule has 2 aromatic rings. The summed E-state index contributed by atoms with van der Waals surface area (Å²) >= 11 is 5.59. The quantitative estimate of drug-likeness (QED) is 0.942. The molecule has 0 bridgehead atoms. The maximum Gasteiger partial charge on any atom is 0.243 e. The molecule has 0 saturated heterocycles. The Labute approximate surface area is 120 Å². The van der Waals surface area contributed by atoms with Crippen molar-refractivity contribution in [2.24, 2.45) is 0 Å². The van der Waals surface area contributed by atoms with Gasteiger partial charge in [0.2, 0.25) is 10.0 Å². The van der Waals surface area contributed by atoms with Crippen LogP contribution in [0.15, 0.2) is 47.4 Å². The zero-order valence-electron chi connectivity index (χ0n) is 10.1. The van der Waals surface area contributed by atoms with Gasteiger partial charge in [0, 0.05) is 6.54 Å². The van der Waals surface area contributed by atoms with E-state index in [0.29, 0.717) is 5.56 Å². The fraction of sp³-hybridized carbons (Fsp3) is 0.0769. The molecule has 0 aliphatic heterocycles. The molecule has 0 spiro atoms. The third kappa shape index (κ3) is 3.33. The van der Waals surface area contributed by atoms with Crippen molar-refractivity contribution in [3.05, 3.63) is 64.7 Å². The normalized spacial score (nSPS) is 11.6. The molecule has 0 amide bonds. The fourth-order valence-electron chi connectivity index (χ4n) is 1.57. The monoisotopic (exact) mass is 317 g/mol. The van der Waals surface area contributed by atoms with Gasteiger partial charge < -0.3 is 0 Å². The topological polar surface area (TPSA) is 46.2 Å². The molecule has 0 unspecified atom stereocenters. The molecule has 3 nitrogen and oxygen atoms in total.